The van der Waals surface area contributed by atoms with Gasteiger partial charge in [-0.2, -0.15) is 0 Å². The Labute approximate surface area is 84.7 Å². The normalized spacial score (nSPS) is 12.9. The molecule has 0 aromatic heterocycles. The first-order valence-electron chi connectivity index (χ1n) is 4.00. The van der Waals surface area contributed by atoms with E-state index in [1.54, 1.807) is 6.07 Å². The average Bonchev–Trinajstić information content (AvgIpc) is 2.12. The first kappa shape index (κ1) is 10.5. The Morgan fingerprint density at radius 1 is 1.62 bits per heavy atom. The predicted molar refractivity (Wildman–Crippen MR) is 53.0 cm³/mol. The van der Waals surface area contributed by atoms with Crippen molar-refractivity contribution in [3.8, 4) is 5.75 Å². The van der Waals surface area contributed by atoms with Crippen LogP contribution in [-0.2, 0) is 0 Å². The summed E-state index contributed by atoms with van der Waals surface area (Å²) in [5.74, 6) is -0.995. The number of nitrogens with two attached hydrogens (primary N) is 1. The maximum absolute atomic E-state index is 12.9. The van der Waals surface area contributed by atoms with Crippen molar-refractivity contribution in [2.24, 2.45) is 5.73 Å². The lowest BCUT2D eigenvalue weighted by Gasteiger charge is -2.13. The topological polar surface area (TPSA) is 46.2 Å². The third kappa shape index (κ3) is 2.00. The van der Waals surface area contributed by atoms with Crippen molar-refractivity contribution in [2.45, 2.75) is 19.4 Å². The van der Waals surface area contributed by atoms with Gasteiger partial charge in [0.25, 0.3) is 0 Å². The molecule has 0 bridgehead atoms. The minimum Gasteiger partial charge on any atom is -0.505 e. The molecule has 13 heavy (non-hydrogen) atoms. The molecule has 0 spiro atoms. The van der Waals surface area contributed by atoms with Crippen molar-refractivity contribution in [3.63, 3.8) is 0 Å². The number of hydrogen-bond acceptors (Lipinski definition) is 2. The average molecular weight is 248 g/mol. The van der Waals surface area contributed by atoms with Gasteiger partial charge < -0.3 is 10.8 Å². The highest BCUT2D eigenvalue weighted by Gasteiger charge is 2.16. The van der Waals surface area contributed by atoms with Crippen LogP contribution < -0.4 is 5.73 Å². The van der Waals surface area contributed by atoms with Crippen molar-refractivity contribution in [1.29, 1.82) is 0 Å². The molecular weight excluding hydrogens is 237 g/mol. The zero-order valence-corrected chi connectivity index (χ0v) is 8.81. The van der Waals surface area contributed by atoms with Crippen LogP contribution in [-0.4, -0.2) is 5.11 Å². The van der Waals surface area contributed by atoms with E-state index in [2.05, 4.69) is 15.9 Å². The van der Waals surface area contributed by atoms with E-state index in [1.807, 2.05) is 6.92 Å². The fourth-order valence-corrected chi connectivity index (χ4v) is 1.73. The number of aromatic hydroxyl groups is 1. The largest absolute Gasteiger partial charge is 0.505 e. The van der Waals surface area contributed by atoms with Crippen molar-refractivity contribution >= 4 is 15.9 Å². The number of benzene rings is 1. The van der Waals surface area contributed by atoms with E-state index < -0.39 is 5.82 Å². The molecule has 1 aromatic rings. The minimum absolute atomic E-state index is 0.343. The highest BCUT2D eigenvalue weighted by atomic mass is 79.9. The van der Waals surface area contributed by atoms with Gasteiger partial charge in [0, 0.05) is 16.1 Å². The molecular formula is C9H11BrFNO. The quantitative estimate of drug-likeness (QED) is 0.845. The second-order valence-electron chi connectivity index (χ2n) is 2.81. The molecule has 1 atom stereocenters. The molecule has 0 unspecified atom stereocenters. The van der Waals surface area contributed by atoms with Gasteiger partial charge in [0.05, 0.1) is 0 Å². The van der Waals surface area contributed by atoms with Gasteiger partial charge in [0.15, 0.2) is 11.6 Å². The summed E-state index contributed by atoms with van der Waals surface area (Å²) in [6, 6.07) is 2.40. The van der Waals surface area contributed by atoms with Crippen LogP contribution in [0.4, 0.5) is 4.39 Å². The van der Waals surface area contributed by atoms with Gasteiger partial charge in [-0.15, -0.1) is 0 Å². The minimum atomic E-state index is -0.637. The Balaban J connectivity index is 3.25. The molecule has 0 saturated heterocycles. The summed E-state index contributed by atoms with van der Waals surface area (Å²) in [7, 11) is 0. The maximum atomic E-state index is 12.9. The molecule has 0 radical (unpaired) electrons. The van der Waals surface area contributed by atoms with Crippen LogP contribution in [0.3, 0.4) is 0 Å². The second-order valence-corrected chi connectivity index (χ2v) is 3.66. The van der Waals surface area contributed by atoms with E-state index in [0.29, 0.717) is 16.5 Å². The molecule has 1 rings (SSSR count). The Bertz CT molecular complexity index is 317. The van der Waals surface area contributed by atoms with E-state index in [4.69, 9.17) is 5.73 Å². The van der Waals surface area contributed by atoms with E-state index in [-0.39, 0.29) is 11.8 Å². The lowest BCUT2D eigenvalue weighted by Crippen LogP contribution is -2.10. The molecule has 2 nitrogen and oxygen atoms in total. The summed E-state index contributed by atoms with van der Waals surface area (Å²) in [5, 5.41) is 9.39. The van der Waals surface area contributed by atoms with Crippen molar-refractivity contribution in [2.75, 3.05) is 0 Å². The lowest BCUT2D eigenvalue weighted by molar-refractivity contribution is 0.419. The fraction of sp³-hybridized carbons (Fsp3) is 0.333. The van der Waals surface area contributed by atoms with Crippen molar-refractivity contribution < 1.29 is 9.50 Å². The summed E-state index contributed by atoms with van der Waals surface area (Å²) in [5.41, 5.74) is 6.14. The third-order valence-electron chi connectivity index (χ3n) is 1.93. The van der Waals surface area contributed by atoms with Crippen molar-refractivity contribution in [1.82, 2.24) is 0 Å². The van der Waals surface area contributed by atoms with Gasteiger partial charge in [-0.3, -0.25) is 0 Å². The molecule has 0 saturated carbocycles. The molecule has 0 aliphatic carbocycles. The molecule has 0 fully saturated rings. The van der Waals surface area contributed by atoms with Crippen LogP contribution in [0.15, 0.2) is 16.6 Å². The molecule has 0 aliphatic heterocycles. The van der Waals surface area contributed by atoms with Crippen LogP contribution in [0.2, 0.25) is 0 Å². The third-order valence-corrected chi connectivity index (χ3v) is 2.62. The summed E-state index contributed by atoms with van der Waals surface area (Å²) in [4.78, 5) is 0. The predicted octanol–water partition coefficient (Wildman–Crippen LogP) is 2.70. The van der Waals surface area contributed by atoms with E-state index >= 15 is 0 Å². The van der Waals surface area contributed by atoms with Crippen LogP contribution in [0.1, 0.15) is 24.9 Å². The van der Waals surface area contributed by atoms with Gasteiger partial charge in [0.1, 0.15) is 0 Å². The zero-order chi connectivity index (χ0) is 10.0. The van der Waals surface area contributed by atoms with Crippen LogP contribution >= 0.6 is 15.9 Å². The first-order chi connectivity index (χ1) is 6.07. The second kappa shape index (κ2) is 4.07. The molecule has 0 heterocycles. The molecule has 1 aromatic carbocycles. The van der Waals surface area contributed by atoms with Crippen LogP contribution in [0.5, 0.6) is 5.75 Å². The number of phenolic OH excluding ortho intramolecular Hbond substituents is 1. The van der Waals surface area contributed by atoms with Crippen LogP contribution in [0, 0.1) is 5.82 Å². The fourth-order valence-electron chi connectivity index (χ4n) is 1.11. The Kier molecular flexibility index (Phi) is 3.27. The van der Waals surface area contributed by atoms with E-state index in [1.165, 1.54) is 6.07 Å². The lowest BCUT2D eigenvalue weighted by atomic mass is 10.0. The molecule has 72 valence electrons. The number of rotatable bonds is 2. The summed E-state index contributed by atoms with van der Waals surface area (Å²) < 4.78 is 13.6. The number of hydrogen-bond donors (Lipinski definition) is 2. The summed E-state index contributed by atoms with van der Waals surface area (Å²) >= 11 is 3.22. The van der Waals surface area contributed by atoms with Crippen LogP contribution in [0.25, 0.3) is 0 Å². The van der Waals surface area contributed by atoms with Gasteiger partial charge in [-0.1, -0.05) is 22.9 Å². The van der Waals surface area contributed by atoms with Gasteiger partial charge in [-0.05, 0) is 18.6 Å². The van der Waals surface area contributed by atoms with Gasteiger partial charge in [0.2, 0.25) is 0 Å². The molecule has 0 aliphatic rings. The zero-order valence-electron chi connectivity index (χ0n) is 7.22. The van der Waals surface area contributed by atoms with Gasteiger partial charge >= 0.3 is 0 Å². The SMILES string of the molecule is CC[C@@H](N)c1c(Br)ccc(F)c1O. The van der Waals surface area contributed by atoms with E-state index in [9.17, 15) is 9.50 Å². The Hall–Kier alpha value is -0.610. The monoisotopic (exact) mass is 247 g/mol. The highest BCUT2D eigenvalue weighted by molar-refractivity contribution is 9.10. The smallest absolute Gasteiger partial charge is 0.165 e. The summed E-state index contributed by atoms with van der Waals surface area (Å²) in [6.07, 6.45) is 0.648. The number of phenols is 1. The Morgan fingerprint density at radius 3 is 2.77 bits per heavy atom. The first-order valence-corrected chi connectivity index (χ1v) is 4.79. The highest BCUT2D eigenvalue weighted by Crippen LogP contribution is 2.33. The molecule has 3 N–H and O–H groups in total. The maximum Gasteiger partial charge on any atom is 0.165 e. The Morgan fingerprint density at radius 2 is 2.23 bits per heavy atom. The van der Waals surface area contributed by atoms with Crippen molar-refractivity contribution in [3.05, 3.63) is 28.0 Å². The summed E-state index contributed by atoms with van der Waals surface area (Å²) in [6.45, 7) is 1.88. The van der Waals surface area contributed by atoms with E-state index in [0.717, 1.165) is 0 Å². The number of halogens is 2. The van der Waals surface area contributed by atoms with Gasteiger partial charge in [-0.25, -0.2) is 4.39 Å². The molecule has 0 amide bonds. The standard InChI is InChI=1S/C9H11BrFNO/c1-2-7(12)8-5(10)3-4-6(11)9(8)13/h3-4,7,13H,2,12H2,1H3/t7-/m1/s1. The molecule has 4 heteroatoms.